The highest BCUT2D eigenvalue weighted by atomic mass is 32.2. The van der Waals surface area contributed by atoms with Gasteiger partial charge in [0, 0.05) is 12.6 Å². The molecule has 1 aromatic rings. The molecule has 0 unspecified atom stereocenters. The highest BCUT2D eigenvalue weighted by Gasteiger charge is 2.35. The van der Waals surface area contributed by atoms with Crippen LogP contribution in [0.1, 0.15) is 12.5 Å². The van der Waals surface area contributed by atoms with Gasteiger partial charge in [0.15, 0.2) is 4.91 Å². The molecule has 18 heavy (non-hydrogen) atoms. The van der Waals surface area contributed by atoms with Gasteiger partial charge in [0.05, 0.1) is 12.3 Å². The van der Waals surface area contributed by atoms with E-state index in [0.29, 0.717) is 11.3 Å². The maximum Gasteiger partial charge on any atom is 0.351 e. The van der Waals surface area contributed by atoms with E-state index in [-0.39, 0.29) is 11.5 Å². The standard InChI is InChI=1S/C12H13NO4S/c1-3-17-12(14)11-8-9-6-4-5-7-10(9)13(2)18(11,15)16/h4-8H,3H2,1-2H3. The summed E-state index contributed by atoms with van der Waals surface area (Å²) in [4.78, 5) is 11.3. The topological polar surface area (TPSA) is 63.7 Å². The molecule has 1 aromatic carbocycles. The molecule has 96 valence electrons. The van der Waals surface area contributed by atoms with Gasteiger partial charge in [-0.3, -0.25) is 4.31 Å². The minimum Gasteiger partial charge on any atom is -0.462 e. The van der Waals surface area contributed by atoms with Crippen LogP contribution in [0.4, 0.5) is 5.69 Å². The molecular formula is C12H13NO4S. The number of sulfonamides is 1. The van der Waals surface area contributed by atoms with E-state index in [9.17, 15) is 13.2 Å². The van der Waals surface area contributed by atoms with E-state index in [1.807, 2.05) is 0 Å². The van der Waals surface area contributed by atoms with Crippen molar-refractivity contribution in [3.8, 4) is 0 Å². The summed E-state index contributed by atoms with van der Waals surface area (Å²) in [5.74, 6) is -0.821. The van der Waals surface area contributed by atoms with Crippen molar-refractivity contribution in [2.24, 2.45) is 0 Å². The molecule has 0 atom stereocenters. The summed E-state index contributed by atoms with van der Waals surface area (Å²) in [6.07, 6.45) is 1.35. The van der Waals surface area contributed by atoms with E-state index in [1.54, 1.807) is 31.2 Å². The number of fused-ring (bicyclic) bond motifs is 1. The van der Waals surface area contributed by atoms with Gasteiger partial charge in [-0.05, 0) is 19.1 Å². The Hall–Kier alpha value is -1.82. The van der Waals surface area contributed by atoms with Gasteiger partial charge < -0.3 is 4.74 Å². The number of nitrogens with zero attached hydrogens (tertiary/aromatic N) is 1. The fourth-order valence-electron chi connectivity index (χ4n) is 1.76. The normalized spacial score (nSPS) is 16.8. The first-order valence-electron chi connectivity index (χ1n) is 5.45. The molecule has 6 heteroatoms. The van der Waals surface area contributed by atoms with E-state index in [0.717, 1.165) is 4.31 Å². The minimum absolute atomic E-state index is 0.136. The second-order valence-electron chi connectivity index (χ2n) is 3.76. The second kappa shape index (κ2) is 4.45. The van der Waals surface area contributed by atoms with Crippen molar-refractivity contribution < 1.29 is 17.9 Å². The van der Waals surface area contributed by atoms with Gasteiger partial charge in [-0.2, -0.15) is 0 Å². The number of para-hydroxylation sites is 1. The number of benzene rings is 1. The van der Waals surface area contributed by atoms with Crippen molar-refractivity contribution in [3.05, 3.63) is 34.7 Å². The fourth-order valence-corrected chi connectivity index (χ4v) is 3.02. The third kappa shape index (κ3) is 1.88. The zero-order valence-corrected chi connectivity index (χ0v) is 10.9. The molecule has 0 saturated heterocycles. The van der Waals surface area contributed by atoms with Crippen LogP contribution in [0.2, 0.25) is 0 Å². The van der Waals surface area contributed by atoms with Crippen LogP contribution in [-0.2, 0) is 19.6 Å². The van der Waals surface area contributed by atoms with Gasteiger partial charge in [0.25, 0.3) is 10.0 Å². The zero-order valence-electron chi connectivity index (χ0n) is 10.1. The number of hydrogen-bond donors (Lipinski definition) is 0. The Kier molecular flexibility index (Phi) is 3.13. The lowest BCUT2D eigenvalue weighted by Gasteiger charge is -2.26. The minimum atomic E-state index is -3.82. The van der Waals surface area contributed by atoms with E-state index in [1.165, 1.54) is 13.1 Å². The van der Waals surface area contributed by atoms with Gasteiger partial charge in [-0.1, -0.05) is 18.2 Å². The van der Waals surface area contributed by atoms with Crippen LogP contribution in [0.25, 0.3) is 6.08 Å². The van der Waals surface area contributed by atoms with Gasteiger partial charge in [-0.15, -0.1) is 0 Å². The Balaban J connectivity index is 2.60. The maximum absolute atomic E-state index is 12.1. The summed E-state index contributed by atoms with van der Waals surface area (Å²) in [5.41, 5.74) is 1.23. The van der Waals surface area contributed by atoms with Gasteiger partial charge in [0.2, 0.25) is 0 Å². The lowest BCUT2D eigenvalue weighted by Crippen LogP contribution is -2.34. The van der Waals surface area contributed by atoms with Crippen LogP contribution in [0, 0.1) is 0 Å². The molecule has 1 aliphatic heterocycles. The molecule has 0 aromatic heterocycles. The first kappa shape index (κ1) is 12.6. The number of anilines is 1. The molecule has 0 bridgehead atoms. The molecule has 0 N–H and O–H groups in total. The molecule has 5 nitrogen and oxygen atoms in total. The average molecular weight is 267 g/mol. The Morgan fingerprint density at radius 2 is 2.00 bits per heavy atom. The van der Waals surface area contributed by atoms with Crippen molar-refractivity contribution in [3.63, 3.8) is 0 Å². The molecule has 2 rings (SSSR count). The fraction of sp³-hybridized carbons (Fsp3) is 0.250. The Morgan fingerprint density at radius 1 is 1.33 bits per heavy atom. The molecule has 0 saturated carbocycles. The van der Waals surface area contributed by atoms with Crippen molar-refractivity contribution in [2.75, 3.05) is 18.0 Å². The SMILES string of the molecule is CCOC(=O)C1=Cc2ccccc2N(C)S1(=O)=O. The third-order valence-corrected chi connectivity index (χ3v) is 4.44. The quantitative estimate of drug-likeness (QED) is 0.759. The Labute approximate surface area is 106 Å². The average Bonchev–Trinajstić information content (AvgIpc) is 2.34. The molecule has 0 aliphatic carbocycles. The smallest absolute Gasteiger partial charge is 0.351 e. The predicted molar refractivity (Wildman–Crippen MR) is 68.4 cm³/mol. The number of esters is 1. The van der Waals surface area contributed by atoms with Crippen LogP contribution in [0.15, 0.2) is 29.2 Å². The van der Waals surface area contributed by atoms with Gasteiger partial charge >= 0.3 is 5.97 Å². The summed E-state index contributed by atoms with van der Waals surface area (Å²) >= 11 is 0. The van der Waals surface area contributed by atoms with Gasteiger partial charge in [-0.25, -0.2) is 13.2 Å². The maximum atomic E-state index is 12.1. The largest absolute Gasteiger partial charge is 0.462 e. The summed E-state index contributed by atoms with van der Waals surface area (Å²) in [5, 5.41) is 0. The van der Waals surface area contributed by atoms with E-state index in [4.69, 9.17) is 4.74 Å². The second-order valence-corrected chi connectivity index (χ2v) is 5.70. The first-order chi connectivity index (χ1) is 8.48. The van der Waals surface area contributed by atoms with Crippen LogP contribution in [-0.4, -0.2) is 28.0 Å². The summed E-state index contributed by atoms with van der Waals surface area (Å²) < 4.78 is 30.2. The van der Waals surface area contributed by atoms with Crippen molar-refractivity contribution in [2.45, 2.75) is 6.92 Å². The molecular weight excluding hydrogens is 254 g/mol. The molecule has 1 heterocycles. The zero-order chi connectivity index (χ0) is 13.3. The van der Waals surface area contributed by atoms with Crippen molar-refractivity contribution >= 4 is 27.8 Å². The van der Waals surface area contributed by atoms with E-state index >= 15 is 0 Å². The molecule has 0 spiro atoms. The highest BCUT2D eigenvalue weighted by molar-refractivity contribution is 7.97. The Bertz CT molecular complexity index is 619. The first-order valence-corrected chi connectivity index (χ1v) is 6.89. The lowest BCUT2D eigenvalue weighted by molar-refractivity contribution is -0.137. The highest BCUT2D eigenvalue weighted by Crippen LogP contribution is 2.32. The Morgan fingerprint density at radius 3 is 2.67 bits per heavy atom. The lowest BCUT2D eigenvalue weighted by atomic mass is 10.1. The number of ether oxygens (including phenoxy) is 1. The molecule has 0 fully saturated rings. The monoisotopic (exact) mass is 267 g/mol. The van der Waals surface area contributed by atoms with Crippen LogP contribution in [0.3, 0.4) is 0 Å². The summed E-state index contributed by atoms with van der Waals surface area (Å²) in [6.45, 7) is 1.77. The molecule has 0 amide bonds. The number of hydrogen-bond acceptors (Lipinski definition) is 4. The van der Waals surface area contributed by atoms with Crippen LogP contribution < -0.4 is 4.31 Å². The van der Waals surface area contributed by atoms with Crippen LogP contribution in [0.5, 0.6) is 0 Å². The van der Waals surface area contributed by atoms with E-state index in [2.05, 4.69) is 0 Å². The van der Waals surface area contributed by atoms with E-state index < -0.39 is 16.0 Å². The molecule has 0 radical (unpaired) electrons. The number of carbonyl (C=O) groups is 1. The third-order valence-electron chi connectivity index (χ3n) is 2.68. The predicted octanol–water partition coefficient (Wildman–Crippen LogP) is 1.37. The van der Waals surface area contributed by atoms with Gasteiger partial charge in [0.1, 0.15) is 0 Å². The number of carbonyl (C=O) groups excluding carboxylic acids is 1. The van der Waals surface area contributed by atoms with Crippen molar-refractivity contribution in [1.29, 1.82) is 0 Å². The summed E-state index contributed by atoms with van der Waals surface area (Å²) in [6, 6.07) is 6.96. The molecule has 1 aliphatic rings. The van der Waals surface area contributed by atoms with Crippen LogP contribution >= 0.6 is 0 Å². The summed E-state index contributed by atoms with van der Waals surface area (Å²) in [7, 11) is -2.40. The van der Waals surface area contributed by atoms with Crippen molar-refractivity contribution in [1.82, 2.24) is 0 Å². The number of rotatable bonds is 2.